The largest absolute Gasteiger partial charge is 0.375 e. The lowest BCUT2D eigenvalue weighted by Crippen LogP contribution is -2.47. The minimum absolute atomic E-state index is 0.0502. The summed E-state index contributed by atoms with van der Waals surface area (Å²) in [6.07, 6.45) is 1.31. The second-order valence-electron chi connectivity index (χ2n) is 8.44. The Morgan fingerprint density at radius 3 is 2.31 bits per heavy atom. The fourth-order valence-corrected chi connectivity index (χ4v) is 3.75. The number of fused-ring (bicyclic) bond motifs is 1. The van der Waals surface area contributed by atoms with Gasteiger partial charge in [0.05, 0.1) is 11.1 Å². The maximum atomic E-state index is 12.7. The van der Waals surface area contributed by atoms with Gasteiger partial charge in [-0.05, 0) is 51.8 Å². The van der Waals surface area contributed by atoms with Gasteiger partial charge in [-0.3, -0.25) is 24.1 Å². The van der Waals surface area contributed by atoms with Crippen LogP contribution in [0, 0.1) is 0 Å². The molecule has 8 heteroatoms. The van der Waals surface area contributed by atoms with Gasteiger partial charge in [0.1, 0.15) is 6.61 Å². The molecule has 0 radical (unpaired) electrons. The normalized spacial score (nSPS) is 17.5. The van der Waals surface area contributed by atoms with Crippen LogP contribution in [-0.2, 0) is 9.53 Å². The smallest absolute Gasteiger partial charge is 0.262 e. The molecule has 8 nitrogen and oxygen atoms in total. The molecule has 2 heterocycles. The summed E-state index contributed by atoms with van der Waals surface area (Å²) >= 11 is 0. The van der Waals surface area contributed by atoms with Gasteiger partial charge in [0, 0.05) is 37.3 Å². The maximum Gasteiger partial charge on any atom is 0.262 e. The second-order valence-corrected chi connectivity index (χ2v) is 8.44. The second kappa shape index (κ2) is 7.94. The van der Waals surface area contributed by atoms with E-state index in [1.54, 1.807) is 37.8 Å². The Morgan fingerprint density at radius 1 is 1.10 bits per heavy atom. The zero-order valence-corrected chi connectivity index (χ0v) is 17.3. The quantitative estimate of drug-likeness (QED) is 0.771. The number of carbonyl (C=O) groups is 4. The highest BCUT2D eigenvalue weighted by Gasteiger charge is 2.42. The van der Waals surface area contributed by atoms with Gasteiger partial charge in [-0.2, -0.15) is 0 Å². The van der Waals surface area contributed by atoms with Crippen molar-refractivity contribution < 1.29 is 23.9 Å². The van der Waals surface area contributed by atoms with Gasteiger partial charge < -0.3 is 15.0 Å². The summed E-state index contributed by atoms with van der Waals surface area (Å²) in [6, 6.07) is 4.56. The van der Waals surface area contributed by atoms with Gasteiger partial charge in [-0.1, -0.05) is 0 Å². The van der Waals surface area contributed by atoms with Crippen LogP contribution in [0.3, 0.4) is 0 Å². The highest BCUT2D eigenvalue weighted by atomic mass is 16.5. The number of ether oxygens (including phenoxy) is 1. The van der Waals surface area contributed by atoms with E-state index in [-0.39, 0.29) is 41.8 Å². The lowest BCUT2D eigenvalue weighted by atomic mass is 10.0. The third-order valence-corrected chi connectivity index (χ3v) is 5.27. The Morgan fingerprint density at radius 2 is 1.72 bits per heavy atom. The van der Waals surface area contributed by atoms with E-state index < -0.39 is 5.54 Å². The highest BCUT2D eigenvalue weighted by molar-refractivity contribution is 6.22. The molecule has 0 unspecified atom stereocenters. The van der Waals surface area contributed by atoms with E-state index in [1.165, 1.54) is 18.1 Å². The number of hydrogen-bond acceptors (Lipinski definition) is 5. The molecule has 2 aliphatic rings. The third-order valence-electron chi connectivity index (χ3n) is 5.27. The Bertz CT molecular complexity index is 850. The van der Waals surface area contributed by atoms with Gasteiger partial charge in [0.2, 0.25) is 5.91 Å². The summed E-state index contributed by atoms with van der Waals surface area (Å²) in [5, 5.41) is 2.97. The fourth-order valence-electron chi connectivity index (χ4n) is 3.75. The minimum Gasteiger partial charge on any atom is -0.375 e. The predicted molar refractivity (Wildman–Crippen MR) is 106 cm³/mol. The van der Waals surface area contributed by atoms with Crippen molar-refractivity contribution >= 4 is 23.6 Å². The van der Waals surface area contributed by atoms with Crippen molar-refractivity contribution in [2.24, 2.45) is 0 Å². The molecular weight excluding hydrogens is 374 g/mol. The van der Waals surface area contributed by atoms with Crippen molar-refractivity contribution in [3.63, 3.8) is 0 Å². The number of rotatable bonds is 4. The summed E-state index contributed by atoms with van der Waals surface area (Å²) < 4.78 is 4.87. The van der Waals surface area contributed by atoms with E-state index in [4.69, 9.17) is 4.74 Å². The third kappa shape index (κ3) is 4.17. The van der Waals surface area contributed by atoms with Gasteiger partial charge in [-0.15, -0.1) is 0 Å². The summed E-state index contributed by atoms with van der Waals surface area (Å²) in [4.78, 5) is 52.7. The summed E-state index contributed by atoms with van der Waals surface area (Å²) in [7, 11) is 1.49. The number of piperidine rings is 1. The number of hydrogen-bond donors (Lipinski definition) is 1. The molecule has 1 aromatic rings. The molecule has 0 bridgehead atoms. The summed E-state index contributed by atoms with van der Waals surface area (Å²) in [5.41, 5.74) is 0.298. The van der Waals surface area contributed by atoms with Crippen LogP contribution in [0.5, 0.6) is 0 Å². The van der Waals surface area contributed by atoms with Crippen LogP contribution in [0.1, 0.15) is 64.7 Å². The molecule has 2 aliphatic heterocycles. The van der Waals surface area contributed by atoms with Crippen molar-refractivity contribution in [1.29, 1.82) is 0 Å². The number of imide groups is 1. The van der Waals surface area contributed by atoms with Gasteiger partial charge in [0.15, 0.2) is 0 Å². The Hall–Kier alpha value is -2.74. The molecule has 0 saturated carbocycles. The molecule has 0 spiro atoms. The first-order valence-corrected chi connectivity index (χ1v) is 9.74. The van der Waals surface area contributed by atoms with Crippen molar-refractivity contribution in [3.8, 4) is 0 Å². The fraction of sp³-hybridized carbons (Fsp3) is 0.524. The Balaban J connectivity index is 1.66. The van der Waals surface area contributed by atoms with Crippen LogP contribution in [0.25, 0.3) is 0 Å². The van der Waals surface area contributed by atoms with Crippen LogP contribution in [-0.4, -0.2) is 71.8 Å². The molecule has 1 saturated heterocycles. The lowest BCUT2D eigenvalue weighted by molar-refractivity contribution is -0.136. The predicted octanol–water partition coefficient (Wildman–Crippen LogP) is 1.45. The van der Waals surface area contributed by atoms with E-state index in [2.05, 4.69) is 5.32 Å². The van der Waals surface area contributed by atoms with Gasteiger partial charge >= 0.3 is 0 Å². The molecular formula is C21H27N3O5. The number of carbonyl (C=O) groups excluding carboxylic acids is 4. The van der Waals surface area contributed by atoms with Crippen LogP contribution >= 0.6 is 0 Å². The van der Waals surface area contributed by atoms with Crippen LogP contribution < -0.4 is 5.32 Å². The van der Waals surface area contributed by atoms with E-state index in [9.17, 15) is 19.2 Å². The standard InChI is InChI=1S/C21H27N3O5/c1-21(2,3)24-19(27)15-6-5-13(11-16(15)20(24)28)18(26)22-14-7-9-23(10-8-14)17(25)12-29-4/h5-6,11,14H,7-10,12H2,1-4H3,(H,22,26). The first-order valence-electron chi connectivity index (χ1n) is 9.74. The zero-order chi connectivity index (χ0) is 21.3. The van der Waals surface area contributed by atoms with Crippen molar-refractivity contribution in [2.45, 2.75) is 45.2 Å². The minimum atomic E-state index is -0.635. The number of likely N-dealkylation sites (tertiary alicyclic amines) is 1. The van der Waals surface area contributed by atoms with Crippen LogP contribution in [0.2, 0.25) is 0 Å². The van der Waals surface area contributed by atoms with E-state index in [0.29, 0.717) is 37.1 Å². The van der Waals surface area contributed by atoms with Crippen molar-refractivity contribution in [2.75, 3.05) is 26.8 Å². The molecule has 156 valence electrons. The zero-order valence-electron chi connectivity index (χ0n) is 17.3. The number of nitrogens with one attached hydrogen (secondary N) is 1. The maximum absolute atomic E-state index is 12.7. The topological polar surface area (TPSA) is 96.0 Å². The van der Waals surface area contributed by atoms with E-state index in [0.717, 1.165) is 0 Å². The molecule has 29 heavy (non-hydrogen) atoms. The van der Waals surface area contributed by atoms with Crippen molar-refractivity contribution in [3.05, 3.63) is 34.9 Å². The SMILES string of the molecule is COCC(=O)N1CCC(NC(=O)c2ccc3c(c2)C(=O)N(C(C)(C)C)C3=O)CC1. The molecule has 0 aromatic heterocycles. The Kier molecular flexibility index (Phi) is 5.75. The first kappa shape index (κ1) is 21.0. The molecule has 0 aliphatic carbocycles. The molecule has 4 amide bonds. The highest BCUT2D eigenvalue weighted by Crippen LogP contribution is 2.30. The average Bonchev–Trinajstić information content (AvgIpc) is 2.92. The number of benzene rings is 1. The monoisotopic (exact) mass is 401 g/mol. The molecule has 1 N–H and O–H groups in total. The molecule has 1 fully saturated rings. The lowest BCUT2D eigenvalue weighted by Gasteiger charge is -2.32. The number of nitrogens with zero attached hydrogens (tertiary/aromatic N) is 2. The van der Waals surface area contributed by atoms with E-state index in [1.807, 2.05) is 0 Å². The van der Waals surface area contributed by atoms with Crippen LogP contribution in [0.4, 0.5) is 0 Å². The average molecular weight is 401 g/mol. The number of methoxy groups -OCH3 is 1. The first-order chi connectivity index (χ1) is 13.6. The van der Waals surface area contributed by atoms with E-state index >= 15 is 0 Å². The molecule has 0 atom stereocenters. The molecule has 3 rings (SSSR count). The summed E-state index contributed by atoms with van der Waals surface area (Å²) in [6.45, 7) is 6.57. The number of amides is 4. The Labute approximate surface area is 170 Å². The molecule has 1 aromatic carbocycles. The summed E-state index contributed by atoms with van der Waals surface area (Å²) in [5.74, 6) is -1.05. The van der Waals surface area contributed by atoms with Gasteiger partial charge in [-0.25, -0.2) is 0 Å². The van der Waals surface area contributed by atoms with Gasteiger partial charge in [0.25, 0.3) is 17.7 Å². The van der Waals surface area contributed by atoms with Crippen molar-refractivity contribution in [1.82, 2.24) is 15.1 Å². The van der Waals surface area contributed by atoms with Crippen LogP contribution in [0.15, 0.2) is 18.2 Å².